The summed E-state index contributed by atoms with van der Waals surface area (Å²) in [5.74, 6) is 1.60. The highest BCUT2D eigenvalue weighted by molar-refractivity contribution is 5.46. The van der Waals surface area contributed by atoms with Gasteiger partial charge in [0.05, 0.1) is 5.69 Å². The molecule has 3 rings (SSSR count). The van der Waals surface area contributed by atoms with Crippen LogP contribution >= 0.6 is 0 Å². The maximum Gasteiger partial charge on any atom is 0.290 e. The van der Waals surface area contributed by atoms with Gasteiger partial charge in [0.2, 0.25) is 0 Å². The Bertz CT molecular complexity index is 592. The predicted molar refractivity (Wildman–Crippen MR) is 59.7 cm³/mol. The fraction of sp³-hybridized carbons (Fsp3) is 0.545. The fourth-order valence-corrected chi connectivity index (χ4v) is 1.90. The van der Waals surface area contributed by atoms with Gasteiger partial charge in [0, 0.05) is 11.8 Å². The molecule has 84 valence electrons. The Labute approximate surface area is 92.5 Å². The lowest BCUT2D eigenvalue weighted by Crippen LogP contribution is -2.17. The van der Waals surface area contributed by atoms with Crippen LogP contribution in [0, 0.1) is 0 Å². The van der Waals surface area contributed by atoms with Crippen molar-refractivity contribution in [3.8, 4) is 0 Å². The second kappa shape index (κ2) is 3.17. The molecule has 0 aromatic carbocycles. The SMILES string of the molecule is CC(C)c1n[nH]c(=O)c2cc(C3CC3)nn12. The van der Waals surface area contributed by atoms with Crippen molar-refractivity contribution in [3.05, 3.63) is 27.9 Å². The van der Waals surface area contributed by atoms with Gasteiger partial charge in [0.25, 0.3) is 5.56 Å². The summed E-state index contributed by atoms with van der Waals surface area (Å²) < 4.78 is 1.69. The van der Waals surface area contributed by atoms with Crippen molar-refractivity contribution >= 4 is 5.52 Å². The van der Waals surface area contributed by atoms with Crippen LogP contribution < -0.4 is 5.56 Å². The first kappa shape index (κ1) is 9.57. The quantitative estimate of drug-likeness (QED) is 0.829. The first-order valence-corrected chi connectivity index (χ1v) is 5.65. The third kappa shape index (κ3) is 1.35. The Kier molecular flexibility index (Phi) is 1.89. The normalized spacial score (nSPS) is 16.2. The van der Waals surface area contributed by atoms with E-state index in [2.05, 4.69) is 15.3 Å². The van der Waals surface area contributed by atoms with Crippen molar-refractivity contribution < 1.29 is 0 Å². The van der Waals surface area contributed by atoms with Crippen LogP contribution in [0.2, 0.25) is 0 Å². The van der Waals surface area contributed by atoms with Gasteiger partial charge in [-0.1, -0.05) is 13.8 Å². The number of H-pyrrole nitrogens is 1. The Morgan fingerprint density at radius 3 is 2.88 bits per heavy atom. The summed E-state index contributed by atoms with van der Waals surface area (Å²) in [6.07, 6.45) is 2.37. The highest BCUT2D eigenvalue weighted by atomic mass is 16.1. The summed E-state index contributed by atoms with van der Waals surface area (Å²) in [5, 5.41) is 11.1. The molecular weight excluding hydrogens is 204 g/mol. The highest BCUT2D eigenvalue weighted by Gasteiger charge is 2.27. The van der Waals surface area contributed by atoms with Crippen molar-refractivity contribution in [1.82, 2.24) is 19.8 Å². The molecule has 16 heavy (non-hydrogen) atoms. The number of hydrogen-bond acceptors (Lipinski definition) is 3. The number of nitrogens with one attached hydrogen (secondary N) is 1. The summed E-state index contributed by atoms with van der Waals surface area (Å²) in [6.45, 7) is 4.08. The molecule has 2 aromatic heterocycles. The Morgan fingerprint density at radius 2 is 2.25 bits per heavy atom. The van der Waals surface area contributed by atoms with E-state index in [4.69, 9.17) is 0 Å². The lowest BCUT2D eigenvalue weighted by Gasteiger charge is -2.04. The van der Waals surface area contributed by atoms with Gasteiger partial charge in [0.1, 0.15) is 5.52 Å². The third-order valence-corrected chi connectivity index (χ3v) is 2.96. The molecule has 0 bridgehead atoms. The molecule has 5 nitrogen and oxygen atoms in total. The molecule has 1 aliphatic rings. The molecule has 1 fully saturated rings. The standard InChI is InChI=1S/C11H14N4O/c1-6(2)10-12-13-11(16)9-5-8(7-3-4-7)14-15(9)10/h5-7H,3-4H2,1-2H3,(H,13,16). The molecule has 0 amide bonds. The van der Waals surface area contributed by atoms with E-state index in [1.54, 1.807) is 4.52 Å². The van der Waals surface area contributed by atoms with Crippen LogP contribution in [0.5, 0.6) is 0 Å². The molecule has 0 radical (unpaired) electrons. The summed E-state index contributed by atoms with van der Waals surface area (Å²) in [7, 11) is 0. The molecule has 0 spiro atoms. The lowest BCUT2D eigenvalue weighted by atomic mass is 10.2. The van der Waals surface area contributed by atoms with Crippen LogP contribution in [0.15, 0.2) is 10.9 Å². The second-order valence-electron chi connectivity index (χ2n) is 4.71. The molecular formula is C11H14N4O. The lowest BCUT2D eigenvalue weighted by molar-refractivity contribution is 0.670. The smallest absolute Gasteiger partial charge is 0.266 e. The number of aromatic nitrogens is 4. The van der Waals surface area contributed by atoms with Gasteiger partial charge in [-0.3, -0.25) is 4.79 Å². The zero-order chi connectivity index (χ0) is 11.3. The van der Waals surface area contributed by atoms with E-state index in [-0.39, 0.29) is 11.5 Å². The van der Waals surface area contributed by atoms with Gasteiger partial charge in [-0.25, -0.2) is 9.61 Å². The molecule has 1 saturated carbocycles. The Balaban J connectivity index is 2.29. The minimum Gasteiger partial charge on any atom is -0.266 e. The molecule has 0 aliphatic heterocycles. The van der Waals surface area contributed by atoms with E-state index in [0.717, 1.165) is 11.5 Å². The van der Waals surface area contributed by atoms with Crippen molar-refractivity contribution in [3.63, 3.8) is 0 Å². The van der Waals surface area contributed by atoms with E-state index in [1.165, 1.54) is 12.8 Å². The van der Waals surface area contributed by atoms with E-state index in [0.29, 0.717) is 11.4 Å². The average Bonchev–Trinajstić information content (AvgIpc) is 2.98. The van der Waals surface area contributed by atoms with Crippen molar-refractivity contribution in [2.45, 2.75) is 38.5 Å². The largest absolute Gasteiger partial charge is 0.290 e. The van der Waals surface area contributed by atoms with Crippen molar-refractivity contribution in [2.75, 3.05) is 0 Å². The van der Waals surface area contributed by atoms with Crippen LogP contribution in [0.25, 0.3) is 5.52 Å². The maximum atomic E-state index is 11.6. The van der Waals surface area contributed by atoms with E-state index in [1.807, 2.05) is 19.9 Å². The number of nitrogens with zero attached hydrogens (tertiary/aromatic N) is 3. The molecule has 1 N–H and O–H groups in total. The second-order valence-corrected chi connectivity index (χ2v) is 4.71. The Morgan fingerprint density at radius 1 is 1.50 bits per heavy atom. The molecule has 2 aromatic rings. The van der Waals surface area contributed by atoms with Crippen LogP contribution in [0.4, 0.5) is 0 Å². The molecule has 0 atom stereocenters. The van der Waals surface area contributed by atoms with Gasteiger partial charge in [0.15, 0.2) is 5.82 Å². The van der Waals surface area contributed by atoms with E-state index in [9.17, 15) is 4.79 Å². The minimum atomic E-state index is -0.163. The van der Waals surface area contributed by atoms with Crippen LogP contribution in [-0.2, 0) is 0 Å². The fourth-order valence-electron chi connectivity index (χ4n) is 1.90. The number of rotatable bonds is 2. The van der Waals surface area contributed by atoms with Crippen LogP contribution in [0.3, 0.4) is 0 Å². The molecule has 0 saturated heterocycles. The van der Waals surface area contributed by atoms with Crippen molar-refractivity contribution in [1.29, 1.82) is 0 Å². The predicted octanol–water partition coefficient (Wildman–Crippen LogP) is 1.42. The monoisotopic (exact) mass is 218 g/mol. The van der Waals surface area contributed by atoms with Gasteiger partial charge >= 0.3 is 0 Å². The number of aromatic amines is 1. The maximum absolute atomic E-state index is 11.6. The average molecular weight is 218 g/mol. The minimum absolute atomic E-state index is 0.163. The molecule has 0 unspecified atom stereocenters. The molecule has 2 heterocycles. The summed E-state index contributed by atoms with van der Waals surface area (Å²) >= 11 is 0. The first-order valence-electron chi connectivity index (χ1n) is 5.65. The zero-order valence-electron chi connectivity index (χ0n) is 9.40. The summed E-state index contributed by atoms with van der Waals surface area (Å²) in [5.41, 5.74) is 1.48. The van der Waals surface area contributed by atoms with Crippen LogP contribution in [-0.4, -0.2) is 19.8 Å². The van der Waals surface area contributed by atoms with Crippen LogP contribution in [0.1, 0.15) is 50.0 Å². The summed E-state index contributed by atoms with van der Waals surface area (Å²) in [4.78, 5) is 11.6. The number of hydrogen-bond donors (Lipinski definition) is 1. The number of fused-ring (bicyclic) bond motifs is 1. The highest BCUT2D eigenvalue weighted by Crippen LogP contribution is 2.39. The zero-order valence-corrected chi connectivity index (χ0v) is 9.40. The van der Waals surface area contributed by atoms with E-state index < -0.39 is 0 Å². The van der Waals surface area contributed by atoms with E-state index >= 15 is 0 Å². The van der Waals surface area contributed by atoms with Gasteiger partial charge < -0.3 is 0 Å². The molecule has 1 aliphatic carbocycles. The van der Waals surface area contributed by atoms with Crippen molar-refractivity contribution in [2.24, 2.45) is 0 Å². The Hall–Kier alpha value is -1.65. The summed E-state index contributed by atoms with van der Waals surface area (Å²) in [6, 6.07) is 1.89. The topological polar surface area (TPSA) is 63.0 Å². The van der Waals surface area contributed by atoms with Gasteiger partial charge in [-0.15, -0.1) is 0 Å². The van der Waals surface area contributed by atoms with Gasteiger partial charge in [-0.05, 0) is 18.9 Å². The van der Waals surface area contributed by atoms with Gasteiger partial charge in [-0.2, -0.15) is 10.2 Å². The first-order chi connectivity index (χ1) is 7.66. The third-order valence-electron chi connectivity index (χ3n) is 2.96. The molecule has 5 heteroatoms.